The molecule has 0 saturated carbocycles. The van der Waals surface area contributed by atoms with Crippen LogP contribution < -0.4 is 0 Å². The fraction of sp³-hybridized carbons (Fsp3) is 0.304. The summed E-state index contributed by atoms with van der Waals surface area (Å²) in [4.78, 5) is 21.7. The molecule has 0 unspecified atom stereocenters. The number of hydrogen-bond acceptors (Lipinski definition) is 3. The van der Waals surface area contributed by atoms with E-state index < -0.39 is 11.9 Å². The third-order valence-electron chi connectivity index (χ3n) is 4.75. The molecule has 2 aromatic rings. The molecule has 0 aliphatic carbocycles. The topological polar surface area (TPSA) is 77.8 Å². The summed E-state index contributed by atoms with van der Waals surface area (Å²) in [6.07, 6.45) is 3.42. The zero-order chi connectivity index (χ0) is 20.5. The van der Waals surface area contributed by atoms with Crippen molar-refractivity contribution in [1.29, 1.82) is 0 Å². The quantitative estimate of drug-likeness (QED) is 0.788. The van der Waals surface area contributed by atoms with Crippen molar-refractivity contribution < 1.29 is 19.8 Å². The highest BCUT2D eigenvalue weighted by atomic mass is 16.4. The molecule has 0 amide bonds. The van der Waals surface area contributed by atoms with Crippen molar-refractivity contribution in [3.8, 4) is 0 Å². The van der Waals surface area contributed by atoms with Gasteiger partial charge in [-0.15, -0.1) is 0 Å². The molecular formula is C23H27NO4. The molecule has 1 aliphatic heterocycles. The molecule has 0 radical (unpaired) electrons. The first-order valence-electron chi connectivity index (χ1n) is 9.38. The molecule has 0 saturated heterocycles. The lowest BCUT2D eigenvalue weighted by atomic mass is 9.98. The number of aliphatic carboxylic acids is 2. The van der Waals surface area contributed by atoms with E-state index in [-0.39, 0.29) is 0 Å². The third kappa shape index (κ3) is 6.67. The Labute approximate surface area is 165 Å². The fourth-order valence-corrected chi connectivity index (χ4v) is 3.18. The van der Waals surface area contributed by atoms with E-state index >= 15 is 0 Å². The zero-order valence-electron chi connectivity index (χ0n) is 16.3. The highest BCUT2D eigenvalue weighted by molar-refractivity contribution is 5.89. The van der Waals surface area contributed by atoms with E-state index in [0.717, 1.165) is 25.9 Å². The number of hydrogen-bond donors (Lipinski definition) is 2. The van der Waals surface area contributed by atoms with Gasteiger partial charge in [0, 0.05) is 31.3 Å². The Morgan fingerprint density at radius 1 is 0.786 bits per heavy atom. The van der Waals surface area contributed by atoms with Crippen LogP contribution in [0.4, 0.5) is 0 Å². The average Bonchev–Trinajstić information content (AvgIpc) is 2.74. The van der Waals surface area contributed by atoms with Crippen LogP contribution in [0.25, 0.3) is 0 Å². The molecular weight excluding hydrogens is 354 g/mol. The number of benzene rings is 2. The number of carboxylic acids is 2. The van der Waals surface area contributed by atoms with Crippen LogP contribution in [0.2, 0.25) is 0 Å². The Morgan fingerprint density at radius 3 is 1.46 bits per heavy atom. The number of carboxylic acid groups (broad SMARTS) is 2. The van der Waals surface area contributed by atoms with E-state index in [9.17, 15) is 9.59 Å². The Kier molecular flexibility index (Phi) is 7.96. The SMILES string of the molecule is CC(C)N1Cc2ccccc2CCc2ccccc2C1.O=C(O)C=CC(=O)O. The van der Waals surface area contributed by atoms with Gasteiger partial charge in [0.2, 0.25) is 0 Å². The first-order chi connectivity index (χ1) is 13.4. The summed E-state index contributed by atoms with van der Waals surface area (Å²) in [6, 6.07) is 18.4. The number of carbonyl (C=O) groups is 2. The summed E-state index contributed by atoms with van der Waals surface area (Å²) < 4.78 is 0. The summed E-state index contributed by atoms with van der Waals surface area (Å²) in [7, 11) is 0. The van der Waals surface area contributed by atoms with E-state index in [4.69, 9.17) is 10.2 Å². The predicted molar refractivity (Wildman–Crippen MR) is 109 cm³/mol. The Morgan fingerprint density at radius 2 is 1.14 bits per heavy atom. The van der Waals surface area contributed by atoms with Crippen LogP contribution in [0.15, 0.2) is 60.7 Å². The van der Waals surface area contributed by atoms with Gasteiger partial charge >= 0.3 is 11.9 Å². The van der Waals surface area contributed by atoms with Gasteiger partial charge in [-0.3, -0.25) is 4.90 Å². The number of rotatable bonds is 3. The summed E-state index contributed by atoms with van der Waals surface area (Å²) in [5, 5.41) is 15.6. The van der Waals surface area contributed by atoms with Crippen LogP contribution in [-0.4, -0.2) is 33.1 Å². The monoisotopic (exact) mass is 381 g/mol. The van der Waals surface area contributed by atoms with Crippen molar-refractivity contribution in [2.45, 2.75) is 45.8 Å². The van der Waals surface area contributed by atoms with Gasteiger partial charge in [-0.25, -0.2) is 9.59 Å². The Bertz CT molecular complexity index is 777. The zero-order valence-corrected chi connectivity index (χ0v) is 16.3. The van der Waals surface area contributed by atoms with E-state index in [1.54, 1.807) is 0 Å². The molecule has 0 spiro atoms. The van der Waals surface area contributed by atoms with E-state index in [2.05, 4.69) is 67.3 Å². The maximum atomic E-state index is 9.55. The summed E-state index contributed by atoms with van der Waals surface area (Å²) in [6.45, 7) is 6.70. The molecule has 2 aromatic carbocycles. The minimum absolute atomic E-state index is 0.558. The lowest BCUT2D eigenvalue weighted by Crippen LogP contribution is -2.30. The smallest absolute Gasteiger partial charge is 0.328 e. The Hall–Kier alpha value is -2.92. The van der Waals surface area contributed by atoms with Crippen LogP contribution in [0.5, 0.6) is 0 Å². The minimum Gasteiger partial charge on any atom is -0.478 e. The van der Waals surface area contributed by atoms with Crippen molar-refractivity contribution in [2.24, 2.45) is 0 Å². The van der Waals surface area contributed by atoms with E-state index in [1.165, 1.54) is 22.3 Å². The fourth-order valence-electron chi connectivity index (χ4n) is 3.18. The molecule has 28 heavy (non-hydrogen) atoms. The second-order valence-electron chi connectivity index (χ2n) is 7.05. The van der Waals surface area contributed by atoms with E-state index in [0.29, 0.717) is 18.2 Å². The minimum atomic E-state index is -1.26. The van der Waals surface area contributed by atoms with Crippen molar-refractivity contribution in [1.82, 2.24) is 4.90 Å². The summed E-state index contributed by atoms with van der Waals surface area (Å²) in [5.74, 6) is -2.51. The average molecular weight is 381 g/mol. The molecule has 5 nitrogen and oxygen atoms in total. The lowest BCUT2D eigenvalue weighted by molar-refractivity contribution is -0.134. The first kappa shape index (κ1) is 21.4. The predicted octanol–water partition coefficient (Wildman–Crippen LogP) is 3.91. The van der Waals surface area contributed by atoms with Gasteiger partial charge in [0.25, 0.3) is 0 Å². The van der Waals surface area contributed by atoms with Gasteiger partial charge in [0.05, 0.1) is 0 Å². The van der Waals surface area contributed by atoms with Gasteiger partial charge in [-0.05, 0) is 48.9 Å². The molecule has 0 atom stereocenters. The normalized spacial score (nSPS) is 14.1. The van der Waals surface area contributed by atoms with Gasteiger partial charge in [-0.2, -0.15) is 0 Å². The lowest BCUT2D eigenvalue weighted by Gasteiger charge is -2.27. The second-order valence-corrected chi connectivity index (χ2v) is 7.05. The highest BCUT2D eigenvalue weighted by Gasteiger charge is 2.17. The standard InChI is InChI=1S/C19H23N.C4H4O4/c1-15(2)20-13-18-9-5-3-7-16(18)11-12-17-8-4-6-10-19(17)14-20;5-3(6)1-2-4(7)8/h3-10,15H,11-14H2,1-2H3;1-2H,(H,5,6)(H,7,8). The van der Waals surface area contributed by atoms with Crippen molar-refractivity contribution in [3.05, 3.63) is 82.9 Å². The molecule has 0 fully saturated rings. The maximum absolute atomic E-state index is 9.55. The van der Waals surface area contributed by atoms with E-state index in [1.807, 2.05) is 0 Å². The Balaban J connectivity index is 0.000000300. The van der Waals surface area contributed by atoms with Gasteiger partial charge in [-0.1, -0.05) is 48.5 Å². The third-order valence-corrected chi connectivity index (χ3v) is 4.75. The first-order valence-corrected chi connectivity index (χ1v) is 9.38. The largest absolute Gasteiger partial charge is 0.478 e. The van der Waals surface area contributed by atoms with Crippen LogP contribution in [0.1, 0.15) is 36.1 Å². The van der Waals surface area contributed by atoms with Crippen molar-refractivity contribution in [2.75, 3.05) is 0 Å². The van der Waals surface area contributed by atoms with Gasteiger partial charge in [0.1, 0.15) is 0 Å². The highest BCUT2D eigenvalue weighted by Crippen LogP contribution is 2.23. The summed E-state index contributed by atoms with van der Waals surface area (Å²) >= 11 is 0. The molecule has 0 aromatic heterocycles. The number of nitrogens with zero attached hydrogens (tertiary/aromatic N) is 1. The van der Waals surface area contributed by atoms with Crippen molar-refractivity contribution in [3.63, 3.8) is 0 Å². The van der Waals surface area contributed by atoms with Crippen LogP contribution in [0, 0.1) is 0 Å². The molecule has 148 valence electrons. The molecule has 5 heteroatoms. The number of aryl methyl sites for hydroxylation is 2. The van der Waals surface area contributed by atoms with Crippen LogP contribution in [0.3, 0.4) is 0 Å². The van der Waals surface area contributed by atoms with Gasteiger partial charge < -0.3 is 10.2 Å². The molecule has 0 bridgehead atoms. The molecule has 3 rings (SSSR count). The molecule has 2 N–H and O–H groups in total. The van der Waals surface area contributed by atoms with Crippen LogP contribution in [-0.2, 0) is 35.5 Å². The molecule has 1 aliphatic rings. The summed E-state index contributed by atoms with van der Waals surface area (Å²) in [5.41, 5.74) is 6.01. The second kappa shape index (κ2) is 10.4. The van der Waals surface area contributed by atoms with Gasteiger partial charge in [0.15, 0.2) is 0 Å². The maximum Gasteiger partial charge on any atom is 0.328 e. The van der Waals surface area contributed by atoms with Crippen molar-refractivity contribution >= 4 is 11.9 Å². The van der Waals surface area contributed by atoms with Crippen LogP contribution >= 0.6 is 0 Å². The number of fused-ring (bicyclic) bond motifs is 2. The molecule has 1 heterocycles.